The number of hydrogen-bond acceptors (Lipinski definition) is 3. The fraction of sp³-hybridized carbons (Fsp3) is 0.667. The molecule has 0 aromatic carbocycles. The molecule has 0 spiro atoms. The second-order valence-electron chi connectivity index (χ2n) is 4.00. The number of nitrogens with one attached hydrogen (secondary N) is 1. The van der Waals surface area contributed by atoms with E-state index in [9.17, 15) is 4.79 Å². The standard InChI is InChI=1S/C12H21N3O2/c1-4-6-10(11-7-13-9-14-11)8-15(5-2)12(16)17-3/h7,9-10H,4-6,8H2,1-3H3,(H,13,14). The van der Waals surface area contributed by atoms with Gasteiger partial charge < -0.3 is 14.6 Å². The van der Waals surface area contributed by atoms with Gasteiger partial charge in [-0.05, 0) is 13.3 Å². The van der Waals surface area contributed by atoms with Crippen molar-refractivity contribution in [1.29, 1.82) is 0 Å². The first-order valence-electron chi connectivity index (χ1n) is 6.04. The lowest BCUT2D eigenvalue weighted by Gasteiger charge is -2.24. The van der Waals surface area contributed by atoms with Crippen LogP contribution in [-0.2, 0) is 4.74 Å². The molecular weight excluding hydrogens is 218 g/mol. The highest BCUT2D eigenvalue weighted by Crippen LogP contribution is 2.20. The number of carbonyl (C=O) groups excluding carboxylic acids is 1. The van der Waals surface area contributed by atoms with E-state index >= 15 is 0 Å². The van der Waals surface area contributed by atoms with Crippen LogP contribution in [0, 0.1) is 0 Å². The summed E-state index contributed by atoms with van der Waals surface area (Å²) in [5.41, 5.74) is 1.08. The van der Waals surface area contributed by atoms with E-state index < -0.39 is 0 Å². The lowest BCUT2D eigenvalue weighted by Crippen LogP contribution is -2.34. The maximum atomic E-state index is 11.5. The van der Waals surface area contributed by atoms with E-state index in [1.807, 2.05) is 13.1 Å². The Balaban J connectivity index is 2.68. The Labute approximate surface area is 102 Å². The first-order valence-corrected chi connectivity index (χ1v) is 6.04. The van der Waals surface area contributed by atoms with Crippen LogP contribution in [0.2, 0.25) is 0 Å². The zero-order valence-corrected chi connectivity index (χ0v) is 10.8. The maximum Gasteiger partial charge on any atom is 0.409 e. The molecule has 1 aromatic rings. The van der Waals surface area contributed by atoms with Gasteiger partial charge in [0.1, 0.15) is 0 Å². The van der Waals surface area contributed by atoms with Crippen molar-refractivity contribution < 1.29 is 9.53 Å². The summed E-state index contributed by atoms with van der Waals surface area (Å²) in [4.78, 5) is 20.4. The van der Waals surface area contributed by atoms with E-state index in [0.717, 1.165) is 18.5 Å². The summed E-state index contributed by atoms with van der Waals surface area (Å²) < 4.78 is 4.76. The molecule has 0 aliphatic heterocycles. The average molecular weight is 239 g/mol. The SMILES string of the molecule is CCCC(CN(CC)C(=O)OC)c1cnc[nH]1. The summed E-state index contributed by atoms with van der Waals surface area (Å²) in [7, 11) is 1.41. The maximum absolute atomic E-state index is 11.5. The van der Waals surface area contributed by atoms with Gasteiger partial charge in [-0.25, -0.2) is 9.78 Å². The summed E-state index contributed by atoms with van der Waals surface area (Å²) in [6.07, 6.45) is 5.32. The average Bonchev–Trinajstić information content (AvgIpc) is 2.87. The number of methoxy groups -OCH3 is 1. The molecule has 5 heteroatoms. The third-order valence-electron chi connectivity index (χ3n) is 2.85. The molecule has 0 bridgehead atoms. The van der Waals surface area contributed by atoms with Crippen LogP contribution in [0.5, 0.6) is 0 Å². The second kappa shape index (κ2) is 6.93. The smallest absolute Gasteiger partial charge is 0.409 e. The lowest BCUT2D eigenvalue weighted by molar-refractivity contribution is 0.122. The number of ether oxygens (including phenoxy) is 1. The van der Waals surface area contributed by atoms with Crippen LogP contribution in [0.1, 0.15) is 38.3 Å². The van der Waals surface area contributed by atoms with Crippen LogP contribution in [0.25, 0.3) is 0 Å². The molecule has 1 atom stereocenters. The highest BCUT2D eigenvalue weighted by molar-refractivity contribution is 5.67. The molecule has 0 saturated carbocycles. The van der Waals surface area contributed by atoms with E-state index in [1.54, 1.807) is 11.2 Å². The topological polar surface area (TPSA) is 58.2 Å². The number of aromatic amines is 1. The van der Waals surface area contributed by atoms with E-state index in [0.29, 0.717) is 19.0 Å². The summed E-state index contributed by atoms with van der Waals surface area (Å²) in [5, 5.41) is 0. The largest absolute Gasteiger partial charge is 0.453 e. The molecule has 0 radical (unpaired) electrons. The molecular formula is C12H21N3O2. The van der Waals surface area contributed by atoms with Gasteiger partial charge >= 0.3 is 6.09 Å². The third kappa shape index (κ3) is 3.76. The van der Waals surface area contributed by atoms with Crippen molar-refractivity contribution in [2.24, 2.45) is 0 Å². The van der Waals surface area contributed by atoms with Crippen LogP contribution >= 0.6 is 0 Å². The van der Waals surface area contributed by atoms with Crippen LogP contribution < -0.4 is 0 Å². The minimum Gasteiger partial charge on any atom is -0.453 e. The second-order valence-corrected chi connectivity index (χ2v) is 4.00. The molecule has 1 aromatic heterocycles. The fourth-order valence-corrected chi connectivity index (χ4v) is 1.91. The van der Waals surface area contributed by atoms with Crippen molar-refractivity contribution in [3.8, 4) is 0 Å². The molecule has 1 amide bonds. The fourth-order valence-electron chi connectivity index (χ4n) is 1.91. The molecule has 5 nitrogen and oxygen atoms in total. The molecule has 0 fully saturated rings. The zero-order chi connectivity index (χ0) is 12.7. The lowest BCUT2D eigenvalue weighted by atomic mass is 10.00. The third-order valence-corrected chi connectivity index (χ3v) is 2.85. The van der Waals surface area contributed by atoms with Crippen molar-refractivity contribution in [3.63, 3.8) is 0 Å². The molecule has 1 heterocycles. The predicted octanol–water partition coefficient (Wildman–Crippen LogP) is 2.38. The molecule has 1 rings (SSSR count). The number of likely N-dealkylation sites (N-methyl/N-ethyl adjacent to an activating group) is 1. The van der Waals surface area contributed by atoms with Crippen molar-refractivity contribution >= 4 is 6.09 Å². The van der Waals surface area contributed by atoms with E-state index in [2.05, 4.69) is 16.9 Å². The molecule has 0 aliphatic carbocycles. The van der Waals surface area contributed by atoms with E-state index in [4.69, 9.17) is 4.74 Å². The molecule has 17 heavy (non-hydrogen) atoms. The van der Waals surface area contributed by atoms with Crippen molar-refractivity contribution in [3.05, 3.63) is 18.2 Å². The monoisotopic (exact) mass is 239 g/mol. The minimum absolute atomic E-state index is 0.270. The summed E-state index contributed by atoms with van der Waals surface area (Å²) in [6.45, 7) is 5.41. The number of imidazole rings is 1. The first-order chi connectivity index (χ1) is 8.22. The van der Waals surface area contributed by atoms with Crippen molar-refractivity contribution in [2.45, 2.75) is 32.6 Å². The van der Waals surface area contributed by atoms with E-state index in [1.165, 1.54) is 7.11 Å². The van der Waals surface area contributed by atoms with Gasteiger partial charge in [0.2, 0.25) is 0 Å². The van der Waals surface area contributed by atoms with Crippen LogP contribution in [0.4, 0.5) is 4.79 Å². The van der Waals surface area contributed by atoms with Gasteiger partial charge in [-0.15, -0.1) is 0 Å². The van der Waals surface area contributed by atoms with E-state index in [-0.39, 0.29) is 6.09 Å². The quantitative estimate of drug-likeness (QED) is 0.829. The Morgan fingerprint density at radius 3 is 2.82 bits per heavy atom. The molecule has 1 N–H and O–H groups in total. The Bertz CT molecular complexity index is 325. The normalized spacial score (nSPS) is 12.2. The van der Waals surface area contributed by atoms with Gasteiger partial charge in [0, 0.05) is 30.9 Å². The molecule has 96 valence electrons. The first kappa shape index (κ1) is 13.5. The number of amides is 1. The molecule has 1 unspecified atom stereocenters. The summed E-state index contributed by atoms with van der Waals surface area (Å²) >= 11 is 0. The Morgan fingerprint density at radius 2 is 2.35 bits per heavy atom. The number of carbonyl (C=O) groups is 1. The van der Waals surface area contributed by atoms with Gasteiger partial charge in [-0.3, -0.25) is 0 Å². The number of rotatable bonds is 6. The Hall–Kier alpha value is -1.52. The number of hydrogen-bond donors (Lipinski definition) is 1. The van der Waals surface area contributed by atoms with Gasteiger partial charge in [-0.2, -0.15) is 0 Å². The molecule has 0 saturated heterocycles. The molecule has 0 aliphatic rings. The Morgan fingerprint density at radius 1 is 1.59 bits per heavy atom. The van der Waals surface area contributed by atoms with Crippen LogP contribution in [0.15, 0.2) is 12.5 Å². The highest BCUT2D eigenvalue weighted by atomic mass is 16.5. The predicted molar refractivity (Wildman–Crippen MR) is 65.9 cm³/mol. The number of aromatic nitrogens is 2. The van der Waals surface area contributed by atoms with Gasteiger partial charge in [0.05, 0.1) is 13.4 Å². The van der Waals surface area contributed by atoms with Crippen LogP contribution in [0.3, 0.4) is 0 Å². The van der Waals surface area contributed by atoms with Gasteiger partial charge in [0.15, 0.2) is 0 Å². The number of H-pyrrole nitrogens is 1. The van der Waals surface area contributed by atoms with Crippen molar-refractivity contribution in [2.75, 3.05) is 20.2 Å². The summed E-state index contributed by atoms with van der Waals surface area (Å²) in [5.74, 6) is 0.293. The zero-order valence-electron chi connectivity index (χ0n) is 10.8. The highest BCUT2D eigenvalue weighted by Gasteiger charge is 2.19. The minimum atomic E-state index is -0.270. The Kier molecular flexibility index (Phi) is 5.52. The van der Waals surface area contributed by atoms with Crippen LogP contribution in [-0.4, -0.2) is 41.2 Å². The van der Waals surface area contributed by atoms with Crippen molar-refractivity contribution in [1.82, 2.24) is 14.9 Å². The van der Waals surface area contributed by atoms with Gasteiger partial charge in [0.25, 0.3) is 0 Å². The number of nitrogens with zero attached hydrogens (tertiary/aromatic N) is 2. The van der Waals surface area contributed by atoms with Gasteiger partial charge in [-0.1, -0.05) is 13.3 Å². The summed E-state index contributed by atoms with van der Waals surface area (Å²) in [6, 6.07) is 0.